The van der Waals surface area contributed by atoms with Crippen LogP contribution in [0.1, 0.15) is 55.9 Å². The Morgan fingerprint density at radius 1 is 1.09 bits per heavy atom. The standard InChI is InChI=1S/C24H25ClN4O2S/c1-15(22(31)17-11-13-18(14-12-17)26-16(2)30)32-24-28-27-23(20-9-5-6-10-21(20)25)29(24)19-7-3-4-8-19/h5-6,9-15,19H,3-4,7-8H2,1-2H3,(H,26,30). The maximum absolute atomic E-state index is 13.1. The topological polar surface area (TPSA) is 76.9 Å². The first kappa shape index (κ1) is 22.6. The second kappa shape index (κ2) is 9.88. The number of rotatable bonds is 7. The van der Waals surface area contributed by atoms with E-state index in [0.29, 0.717) is 22.3 Å². The van der Waals surface area contributed by atoms with Gasteiger partial charge in [0.2, 0.25) is 5.91 Å². The van der Waals surface area contributed by atoms with Gasteiger partial charge in [0.1, 0.15) is 0 Å². The number of halogens is 1. The third-order valence-electron chi connectivity index (χ3n) is 5.61. The van der Waals surface area contributed by atoms with Crippen LogP contribution in [0.3, 0.4) is 0 Å². The van der Waals surface area contributed by atoms with Crippen molar-refractivity contribution >= 4 is 40.7 Å². The number of thioether (sulfide) groups is 1. The van der Waals surface area contributed by atoms with Crippen LogP contribution in [0.15, 0.2) is 53.7 Å². The molecule has 6 nitrogen and oxygen atoms in total. The van der Waals surface area contributed by atoms with Gasteiger partial charge in [-0.25, -0.2) is 0 Å². The molecular weight excluding hydrogens is 444 g/mol. The first-order chi connectivity index (χ1) is 15.4. The number of amides is 1. The summed E-state index contributed by atoms with van der Waals surface area (Å²) >= 11 is 7.88. The molecule has 166 valence electrons. The number of nitrogens with one attached hydrogen (secondary N) is 1. The zero-order valence-corrected chi connectivity index (χ0v) is 19.6. The monoisotopic (exact) mass is 468 g/mol. The Labute approximate surface area is 196 Å². The molecule has 1 aliphatic rings. The fourth-order valence-electron chi connectivity index (χ4n) is 4.04. The molecule has 4 rings (SSSR count). The van der Waals surface area contributed by atoms with Crippen molar-refractivity contribution in [3.05, 3.63) is 59.1 Å². The minimum atomic E-state index is -0.343. The number of hydrogen-bond acceptors (Lipinski definition) is 5. The van der Waals surface area contributed by atoms with Gasteiger partial charge < -0.3 is 5.32 Å². The van der Waals surface area contributed by atoms with Crippen molar-refractivity contribution in [1.82, 2.24) is 14.8 Å². The number of aromatic nitrogens is 3. The maximum Gasteiger partial charge on any atom is 0.221 e. The molecule has 0 bridgehead atoms. The van der Waals surface area contributed by atoms with Gasteiger partial charge in [-0.05, 0) is 56.2 Å². The molecule has 1 atom stereocenters. The second-order valence-electron chi connectivity index (χ2n) is 7.98. The van der Waals surface area contributed by atoms with E-state index in [1.807, 2.05) is 31.2 Å². The summed E-state index contributed by atoms with van der Waals surface area (Å²) in [6, 6.07) is 14.9. The summed E-state index contributed by atoms with van der Waals surface area (Å²) in [4.78, 5) is 24.3. The zero-order valence-electron chi connectivity index (χ0n) is 18.0. The SMILES string of the molecule is CC(=O)Nc1ccc(C(=O)C(C)Sc2nnc(-c3ccccc3Cl)n2C2CCCC2)cc1. The molecule has 0 aliphatic heterocycles. The number of Topliss-reactive ketones (excluding diaryl/α,β-unsaturated/α-hetero) is 1. The van der Waals surface area contributed by atoms with Gasteiger partial charge in [-0.1, -0.05) is 48.3 Å². The van der Waals surface area contributed by atoms with E-state index in [-0.39, 0.29) is 16.9 Å². The molecule has 2 aromatic carbocycles. The highest BCUT2D eigenvalue weighted by molar-refractivity contribution is 8.00. The Balaban J connectivity index is 1.59. The minimum Gasteiger partial charge on any atom is -0.326 e. The summed E-state index contributed by atoms with van der Waals surface area (Å²) in [7, 11) is 0. The Bertz CT molecular complexity index is 1120. The minimum absolute atomic E-state index is 0.00430. The van der Waals surface area contributed by atoms with Crippen LogP contribution >= 0.6 is 23.4 Å². The third-order valence-corrected chi connectivity index (χ3v) is 7.00. The van der Waals surface area contributed by atoms with Gasteiger partial charge >= 0.3 is 0 Å². The van der Waals surface area contributed by atoms with E-state index < -0.39 is 0 Å². The van der Waals surface area contributed by atoms with Crippen molar-refractivity contribution in [3.63, 3.8) is 0 Å². The van der Waals surface area contributed by atoms with E-state index in [1.54, 1.807) is 24.3 Å². The molecular formula is C24H25ClN4O2S. The normalized spacial score (nSPS) is 15.0. The Morgan fingerprint density at radius 3 is 2.44 bits per heavy atom. The number of benzene rings is 2. The first-order valence-corrected chi connectivity index (χ1v) is 12.0. The second-order valence-corrected chi connectivity index (χ2v) is 9.69. The number of ketones is 1. The smallest absolute Gasteiger partial charge is 0.221 e. The van der Waals surface area contributed by atoms with Gasteiger partial charge in [0, 0.05) is 29.8 Å². The molecule has 0 saturated heterocycles. The summed E-state index contributed by atoms with van der Waals surface area (Å²) in [6.45, 7) is 3.34. The molecule has 1 unspecified atom stereocenters. The van der Waals surface area contributed by atoms with Gasteiger partial charge in [-0.15, -0.1) is 10.2 Å². The predicted molar refractivity (Wildman–Crippen MR) is 128 cm³/mol. The Hall–Kier alpha value is -2.64. The molecule has 0 spiro atoms. The lowest BCUT2D eigenvalue weighted by Gasteiger charge is -2.18. The van der Waals surface area contributed by atoms with Crippen LogP contribution < -0.4 is 5.32 Å². The molecule has 1 aromatic heterocycles. The van der Waals surface area contributed by atoms with Crippen LogP contribution in [0.25, 0.3) is 11.4 Å². The lowest BCUT2D eigenvalue weighted by Crippen LogP contribution is -2.16. The van der Waals surface area contributed by atoms with E-state index in [2.05, 4.69) is 20.1 Å². The van der Waals surface area contributed by atoms with Crippen molar-refractivity contribution in [2.24, 2.45) is 0 Å². The van der Waals surface area contributed by atoms with Crippen LogP contribution in [0.4, 0.5) is 5.69 Å². The first-order valence-electron chi connectivity index (χ1n) is 10.7. The van der Waals surface area contributed by atoms with Crippen molar-refractivity contribution < 1.29 is 9.59 Å². The summed E-state index contributed by atoms with van der Waals surface area (Å²) in [5.41, 5.74) is 2.12. The summed E-state index contributed by atoms with van der Waals surface area (Å²) in [6.07, 6.45) is 4.47. The molecule has 1 amide bonds. The van der Waals surface area contributed by atoms with Crippen molar-refractivity contribution in [1.29, 1.82) is 0 Å². The quantitative estimate of drug-likeness (QED) is 0.338. The van der Waals surface area contributed by atoms with Gasteiger partial charge in [-0.3, -0.25) is 14.2 Å². The molecule has 1 saturated carbocycles. The van der Waals surface area contributed by atoms with Gasteiger partial charge in [0.15, 0.2) is 16.8 Å². The van der Waals surface area contributed by atoms with E-state index >= 15 is 0 Å². The summed E-state index contributed by atoms with van der Waals surface area (Å²) in [5, 5.41) is 12.7. The molecule has 8 heteroatoms. The van der Waals surface area contributed by atoms with E-state index in [9.17, 15) is 9.59 Å². The number of carbonyl (C=O) groups excluding carboxylic acids is 2. The highest BCUT2D eigenvalue weighted by atomic mass is 35.5. The summed E-state index contributed by atoms with van der Waals surface area (Å²) < 4.78 is 2.17. The zero-order chi connectivity index (χ0) is 22.7. The molecule has 3 aromatic rings. The van der Waals surface area contributed by atoms with Crippen molar-refractivity contribution in [2.75, 3.05) is 5.32 Å². The molecule has 1 N–H and O–H groups in total. The number of hydrogen-bond donors (Lipinski definition) is 1. The number of anilines is 1. The largest absolute Gasteiger partial charge is 0.326 e. The predicted octanol–water partition coefficient (Wildman–Crippen LogP) is 6.04. The van der Waals surface area contributed by atoms with Crippen molar-refractivity contribution in [3.8, 4) is 11.4 Å². The van der Waals surface area contributed by atoms with Crippen LogP contribution in [-0.2, 0) is 4.79 Å². The summed E-state index contributed by atoms with van der Waals surface area (Å²) in [5.74, 6) is 0.613. The van der Waals surface area contributed by atoms with Gasteiger partial charge in [-0.2, -0.15) is 0 Å². The Kier molecular flexibility index (Phi) is 6.96. The average molecular weight is 469 g/mol. The van der Waals surface area contributed by atoms with E-state index in [1.165, 1.54) is 31.5 Å². The van der Waals surface area contributed by atoms with Crippen LogP contribution in [0.2, 0.25) is 5.02 Å². The molecule has 32 heavy (non-hydrogen) atoms. The van der Waals surface area contributed by atoms with Crippen LogP contribution in [0.5, 0.6) is 0 Å². The third kappa shape index (κ3) is 4.89. The van der Waals surface area contributed by atoms with Crippen LogP contribution in [-0.4, -0.2) is 31.7 Å². The molecule has 0 radical (unpaired) electrons. The lowest BCUT2D eigenvalue weighted by molar-refractivity contribution is -0.114. The van der Waals surface area contributed by atoms with Crippen molar-refractivity contribution in [2.45, 2.75) is 56.0 Å². The number of carbonyl (C=O) groups is 2. The highest BCUT2D eigenvalue weighted by Gasteiger charge is 2.28. The molecule has 1 aliphatic carbocycles. The van der Waals surface area contributed by atoms with Gasteiger partial charge in [0.05, 0.1) is 10.3 Å². The number of nitrogens with zero attached hydrogens (tertiary/aromatic N) is 3. The van der Waals surface area contributed by atoms with E-state index in [4.69, 9.17) is 11.6 Å². The molecule has 1 heterocycles. The Morgan fingerprint density at radius 2 is 1.78 bits per heavy atom. The van der Waals surface area contributed by atoms with E-state index in [0.717, 1.165) is 29.4 Å². The van der Waals surface area contributed by atoms with Gasteiger partial charge in [0.25, 0.3) is 0 Å². The average Bonchev–Trinajstić information content (AvgIpc) is 3.43. The lowest BCUT2D eigenvalue weighted by atomic mass is 10.1. The van der Waals surface area contributed by atoms with Crippen LogP contribution in [0, 0.1) is 0 Å². The fraction of sp³-hybridized carbons (Fsp3) is 0.333. The maximum atomic E-state index is 13.1. The molecule has 1 fully saturated rings. The fourth-order valence-corrected chi connectivity index (χ4v) is 5.26. The highest BCUT2D eigenvalue weighted by Crippen LogP contribution is 2.39.